The van der Waals surface area contributed by atoms with E-state index < -0.39 is 46.8 Å². The zero-order valence-electron chi connectivity index (χ0n) is 30.8. The molecular weight excluding hydrogens is 756 g/mol. The van der Waals surface area contributed by atoms with E-state index in [1.807, 2.05) is 0 Å². The first-order valence-electron chi connectivity index (χ1n) is 16.2. The van der Waals surface area contributed by atoms with Crippen LogP contribution in [0, 0.1) is 48.5 Å². The van der Waals surface area contributed by atoms with Crippen molar-refractivity contribution in [1.29, 1.82) is 0 Å². The van der Waals surface area contributed by atoms with Crippen molar-refractivity contribution in [3.8, 4) is 28.7 Å². The van der Waals surface area contributed by atoms with Gasteiger partial charge in [0.05, 0.1) is 12.7 Å². The van der Waals surface area contributed by atoms with E-state index in [9.17, 15) is 44.4 Å². The van der Waals surface area contributed by atoms with E-state index in [-0.39, 0.29) is 72.0 Å². The summed E-state index contributed by atoms with van der Waals surface area (Å²) >= 11 is 3.17. The normalized spacial score (nSPS) is 15.4. The van der Waals surface area contributed by atoms with E-state index in [1.54, 1.807) is 27.7 Å². The van der Waals surface area contributed by atoms with Crippen LogP contribution in [-0.4, -0.2) is 62.8 Å². The lowest BCUT2D eigenvalue weighted by molar-refractivity contribution is -0.151. The zero-order valence-corrected chi connectivity index (χ0v) is 32.4. The topological polar surface area (TPSA) is 203 Å². The fraction of sp³-hybridized carbons (Fsp3) is 0.308. The summed E-state index contributed by atoms with van der Waals surface area (Å²) in [6.07, 6.45) is 2.37. The number of carboxylic acid groups (broad SMARTS) is 1. The molecule has 280 valence electrons. The number of aryl methyl sites for hydroxylation is 1. The van der Waals surface area contributed by atoms with Gasteiger partial charge in [0, 0.05) is 11.6 Å². The predicted octanol–water partition coefficient (Wildman–Crippen LogP) is 6.41. The van der Waals surface area contributed by atoms with Crippen molar-refractivity contribution in [1.82, 2.24) is 0 Å². The summed E-state index contributed by atoms with van der Waals surface area (Å²) in [7, 11) is 1.17. The quantitative estimate of drug-likeness (QED) is 0.137. The molecule has 0 bridgehead atoms. The monoisotopic (exact) mass is 794 g/mol. The summed E-state index contributed by atoms with van der Waals surface area (Å²) in [5, 5.41) is 43.4. The van der Waals surface area contributed by atoms with Gasteiger partial charge in [-0.1, -0.05) is 6.92 Å². The molecule has 3 aromatic carbocycles. The highest BCUT2D eigenvalue weighted by Gasteiger charge is 2.48. The molecule has 0 saturated heterocycles. The van der Waals surface area contributed by atoms with E-state index >= 15 is 0 Å². The smallest absolute Gasteiger partial charge is 0.356 e. The number of esters is 3. The van der Waals surface area contributed by atoms with Crippen LogP contribution >= 0.6 is 15.9 Å². The van der Waals surface area contributed by atoms with Crippen molar-refractivity contribution in [3.05, 3.63) is 95.2 Å². The van der Waals surface area contributed by atoms with Crippen LogP contribution in [0.3, 0.4) is 0 Å². The van der Waals surface area contributed by atoms with Gasteiger partial charge in [-0.05, 0) is 134 Å². The molecule has 13 nitrogen and oxygen atoms in total. The lowest BCUT2D eigenvalue weighted by atomic mass is 9.87. The first-order valence-corrected chi connectivity index (χ1v) is 17.0. The third-order valence-corrected chi connectivity index (χ3v) is 10.4. The Labute approximate surface area is 313 Å². The van der Waals surface area contributed by atoms with Crippen molar-refractivity contribution in [2.24, 2.45) is 0 Å². The molecule has 0 spiro atoms. The van der Waals surface area contributed by atoms with Gasteiger partial charge >= 0.3 is 23.9 Å². The number of aromatic carboxylic acids is 1. The van der Waals surface area contributed by atoms with Crippen LogP contribution in [0.15, 0.2) is 34.0 Å². The lowest BCUT2D eigenvalue weighted by Crippen LogP contribution is -2.47. The molecule has 53 heavy (non-hydrogen) atoms. The van der Waals surface area contributed by atoms with Crippen LogP contribution < -0.4 is 14.2 Å². The number of carbonyl (C=O) groups excluding carboxylic acids is 4. The first kappa shape index (κ1) is 40.3. The average Bonchev–Trinajstić information content (AvgIpc) is 3.08. The molecule has 1 aliphatic carbocycles. The van der Waals surface area contributed by atoms with Gasteiger partial charge < -0.3 is 39.4 Å². The molecule has 0 aliphatic heterocycles. The number of carbonyl (C=O) groups is 5. The Morgan fingerprint density at radius 3 is 1.87 bits per heavy atom. The molecule has 0 aromatic heterocycles. The predicted molar refractivity (Wildman–Crippen MR) is 194 cm³/mol. The zero-order chi connectivity index (χ0) is 40.0. The Kier molecular flexibility index (Phi) is 11.3. The van der Waals surface area contributed by atoms with Crippen LogP contribution in [0.2, 0.25) is 0 Å². The molecule has 0 fully saturated rings. The van der Waals surface area contributed by atoms with Gasteiger partial charge in [-0.25, -0.2) is 19.2 Å². The Balaban J connectivity index is 1.67. The van der Waals surface area contributed by atoms with Crippen LogP contribution in [0.25, 0.3) is 0 Å². The number of phenols is 2. The van der Waals surface area contributed by atoms with Crippen LogP contribution in [-0.2, 0) is 20.7 Å². The van der Waals surface area contributed by atoms with Gasteiger partial charge in [-0.15, -0.1) is 0 Å². The van der Waals surface area contributed by atoms with Crippen molar-refractivity contribution < 1.29 is 63.3 Å². The molecule has 1 aliphatic rings. The van der Waals surface area contributed by atoms with E-state index in [1.165, 1.54) is 47.8 Å². The highest BCUT2D eigenvalue weighted by atomic mass is 79.9. The van der Waals surface area contributed by atoms with Gasteiger partial charge in [-0.2, -0.15) is 0 Å². The van der Waals surface area contributed by atoms with E-state index in [0.29, 0.717) is 28.7 Å². The number of hydrogen-bond acceptors (Lipinski definition) is 12. The Hall–Kier alpha value is -5.47. The molecule has 0 saturated carbocycles. The van der Waals surface area contributed by atoms with Crippen LogP contribution in [0.1, 0.15) is 89.4 Å². The van der Waals surface area contributed by atoms with Gasteiger partial charge in [-0.3, -0.25) is 4.79 Å². The molecule has 4 N–H and O–H groups in total. The number of rotatable bonds is 9. The molecule has 4 rings (SSSR count). The Morgan fingerprint density at radius 1 is 0.736 bits per heavy atom. The van der Waals surface area contributed by atoms with E-state index in [2.05, 4.69) is 15.9 Å². The number of carboxylic acids is 1. The minimum Gasteiger partial charge on any atom is -0.507 e. The highest BCUT2D eigenvalue weighted by Crippen LogP contribution is 2.44. The standard InChI is InChI=1S/C39H39BrO13/c1-11-24-21(8)28(35(44)45)17(4)19(6)33(24)52-36(46)27-15(2)12-25(22(9)31(27)42)51-37(47)29-18(5)20(7)34(30(40)32(29)43)53-38(48)39(49)16(3)13-23(41)14-26(39)50-10/h12-14,42-43,49H,11H2,1-10H3,(H,44,45)/t39-/m1/s1. The molecule has 0 radical (unpaired) electrons. The molecular formula is C39H39BrO13. The van der Waals surface area contributed by atoms with Crippen LogP contribution in [0.4, 0.5) is 0 Å². The van der Waals surface area contributed by atoms with Gasteiger partial charge in [0.25, 0.3) is 0 Å². The van der Waals surface area contributed by atoms with Crippen molar-refractivity contribution in [2.75, 3.05) is 7.11 Å². The summed E-state index contributed by atoms with van der Waals surface area (Å²) in [5.74, 6) is -6.55. The number of hydrogen-bond donors (Lipinski definition) is 4. The SMILES string of the molecule is CCc1c(C)c(C(=O)O)c(C)c(C)c1OC(=O)c1c(C)cc(OC(=O)c2c(C)c(C)c(OC(=O)[C@@]3(O)C(C)=CC(=O)C=C3OC)c(Br)c2O)c(C)c1O. The fourth-order valence-corrected chi connectivity index (χ4v) is 6.88. The minimum absolute atomic E-state index is 0.0000350. The molecule has 0 unspecified atom stereocenters. The number of ether oxygens (including phenoxy) is 4. The van der Waals surface area contributed by atoms with E-state index in [0.717, 1.165) is 12.2 Å². The summed E-state index contributed by atoms with van der Waals surface area (Å²) in [6, 6.07) is 1.35. The molecule has 0 heterocycles. The summed E-state index contributed by atoms with van der Waals surface area (Å²) < 4.78 is 21.8. The number of aromatic hydroxyl groups is 2. The maximum absolute atomic E-state index is 13.6. The second-order valence-corrected chi connectivity index (χ2v) is 13.5. The molecule has 1 atom stereocenters. The molecule has 3 aromatic rings. The fourth-order valence-electron chi connectivity index (χ4n) is 6.31. The molecule has 0 amide bonds. The average molecular weight is 796 g/mol. The van der Waals surface area contributed by atoms with Crippen molar-refractivity contribution >= 4 is 45.6 Å². The number of aliphatic hydroxyl groups is 1. The number of halogens is 1. The van der Waals surface area contributed by atoms with Crippen molar-refractivity contribution in [2.45, 2.75) is 74.3 Å². The van der Waals surface area contributed by atoms with Gasteiger partial charge in [0.1, 0.15) is 44.4 Å². The van der Waals surface area contributed by atoms with Crippen LogP contribution in [0.5, 0.6) is 28.7 Å². The Morgan fingerprint density at radius 2 is 1.30 bits per heavy atom. The summed E-state index contributed by atoms with van der Waals surface area (Å²) in [4.78, 5) is 64.4. The largest absolute Gasteiger partial charge is 0.507 e. The maximum Gasteiger partial charge on any atom is 0.356 e. The minimum atomic E-state index is -2.45. The molecule has 14 heteroatoms. The maximum atomic E-state index is 13.6. The summed E-state index contributed by atoms with van der Waals surface area (Å²) in [5.41, 5.74) is -0.501. The number of benzene rings is 3. The van der Waals surface area contributed by atoms with Gasteiger partial charge in [0.2, 0.25) is 5.60 Å². The Bertz CT molecular complexity index is 2180. The second-order valence-electron chi connectivity index (χ2n) is 12.7. The first-order chi connectivity index (χ1) is 24.6. The number of phenolic OH excluding ortho intramolecular Hbond substituents is 2. The summed E-state index contributed by atoms with van der Waals surface area (Å²) in [6.45, 7) is 13.9. The second kappa shape index (κ2) is 14.9. The van der Waals surface area contributed by atoms with E-state index in [4.69, 9.17) is 18.9 Å². The third kappa shape index (κ3) is 6.79. The lowest BCUT2D eigenvalue weighted by Gasteiger charge is -2.30. The van der Waals surface area contributed by atoms with Crippen molar-refractivity contribution in [3.63, 3.8) is 0 Å². The van der Waals surface area contributed by atoms with Gasteiger partial charge in [0.15, 0.2) is 11.5 Å². The highest BCUT2D eigenvalue weighted by molar-refractivity contribution is 9.10. The number of methoxy groups -OCH3 is 1. The number of allylic oxidation sites excluding steroid dienone is 2. The number of ketones is 1. The third-order valence-electron chi connectivity index (χ3n) is 9.65.